The fourth-order valence-corrected chi connectivity index (χ4v) is 2.27. The van der Waals surface area contributed by atoms with Gasteiger partial charge in [0.1, 0.15) is 5.56 Å². The van der Waals surface area contributed by atoms with Gasteiger partial charge < -0.3 is 10.5 Å². The molecule has 0 aliphatic carbocycles. The summed E-state index contributed by atoms with van der Waals surface area (Å²) in [7, 11) is 0. The highest BCUT2D eigenvalue weighted by atomic mass is 79.9. The van der Waals surface area contributed by atoms with Crippen molar-refractivity contribution in [3.05, 3.63) is 33.9 Å². The minimum atomic E-state index is -0.441. The Hall–Kier alpha value is -1.62. The minimum absolute atomic E-state index is 0.311. The molecule has 0 unspecified atom stereocenters. The maximum atomic E-state index is 11.8. The highest BCUT2D eigenvalue weighted by molar-refractivity contribution is 9.10. The summed E-state index contributed by atoms with van der Waals surface area (Å²) < 4.78 is 5.81. The van der Waals surface area contributed by atoms with E-state index in [9.17, 15) is 4.79 Å². The lowest BCUT2D eigenvalue weighted by molar-refractivity contribution is 0.0527. The molecule has 0 atom stereocenters. The van der Waals surface area contributed by atoms with E-state index in [1.165, 1.54) is 6.20 Å². The van der Waals surface area contributed by atoms with Gasteiger partial charge in [-0.1, -0.05) is 6.07 Å². The number of pyridine rings is 1. The van der Waals surface area contributed by atoms with Crippen molar-refractivity contribution in [2.75, 3.05) is 12.3 Å². The Labute approximate surface area is 113 Å². The Kier molecular flexibility index (Phi) is 3.52. The lowest BCUT2D eigenvalue weighted by Crippen LogP contribution is -2.09. The highest BCUT2D eigenvalue weighted by Crippen LogP contribution is 2.31. The SMILES string of the molecule is CCOC(=O)c1cnc2c(Br)ccc(C)c2c1N. The van der Waals surface area contributed by atoms with Crippen LogP contribution in [0.2, 0.25) is 0 Å². The average Bonchev–Trinajstić information content (AvgIpc) is 2.34. The number of carbonyl (C=O) groups is 1. The number of nitrogens with two attached hydrogens (primary N) is 1. The van der Waals surface area contributed by atoms with Crippen LogP contribution in [-0.2, 0) is 4.74 Å². The number of carbonyl (C=O) groups excluding carboxylic acids is 1. The Morgan fingerprint density at radius 2 is 2.22 bits per heavy atom. The van der Waals surface area contributed by atoms with Crippen molar-refractivity contribution in [2.24, 2.45) is 0 Å². The molecule has 1 aromatic carbocycles. The molecule has 18 heavy (non-hydrogen) atoms. The molecule has 2 aromatic rings. The molecule has 1 heterocycles. The van der Waals surface area contributed by atoms with Gasteiger partial charge in [0.05, 0.1) is 17.8 Å². The molecule has 5 heteroatoms. The van der Waals surface area contributed by atoms with Gasteiger partial charge in [0.25, 0.3) is 0 Å². The number of aryl methyl sites for hydroxylation is 1. The van der Waals surface area contributed by atoms with E-state index >= 15 is 0 Å². The van der Waals surface area contributed by atoms with Gasteiger partial charge in [0, 0.05) is 16.1 Å². The van der Waals surface area contributed by atoms with Crippen LogP contribution in [0.4, 0.5) is 5.69 Å². The molecular formula is C13H13BrN2O2. The van der Waals surface area contributed by atoms with Crippen molar-refractivity contribution < 1.29 is 9.53 Å². The van der Waals surface area contributed by atoms with Crippen LogP contribution in [0, 0.1) is 6.92 Å². The number of nitrogen functional groups attached to an aromatic ring is 1. The summed E-state index contributed by atoms with van der Waals surface area (Å²) in [5.41, 5.74) is 8.51. The molecule has 0 bridgehead atoms. The van der Waals surface area contributed by atoms with Gasteiger partial charge in [-0.05, 0) is 41.4 Å². The first-order chi connectivity index (χ1) is 8.56. The van der Waals surface area contributed by atoms with E-state index in [-0.39, 0.29) is 0 Å². The second-order valence-electron chi connectivity index (χ2n) is 3.89. The second kappa shape index (κ2) is 4.94. The molecule has 0 aliphatic heterocycles. The number of nitrogens with zero attached hydrogens (tertiary/aromatic N) is 1. The van der Waals surface area contributed by atoms with Crippen LogP contribution >= 0.6 is 15.9 Å². The van der Waals surface area contributed by atoms with Gasteiger partial charge in [-0.15, -0.1) is 0 Å². The number of benzene rings is 1. The summed E-state index contributed by atoms with van der Waals surface area (Å²) in [6.07, 6.45) is 1.46. The summed E-state index contributed by atoms with van der Waals surface area (Å²) >= 11 is 3.42. The van der Waals surface area contributed by atoms with Crippen molar-refractivity contribution >= 4 is 38.5 Å². The van der Waals surface area contributed by atoms with E-state index < -0.39 is 5.97 Å². The zero-order chi connectivity index (χ0) is 13.3. The molecule has 2 N–H and O–H groups in total. The Morgan fingerprint density at radius 3 is 2.89 bits per heavy atom. The average molecular weight is 309 g/mol. The van der Waals surface area contributed by atoms with Gasteiger partial charge in [0.15, 0.2) is 0 Å². The van der Waals surface area contributed by atoms with Crippen LogP contribution in [-0.4, -0.2) is 17.6 Å². The first kappa shape index (κ1) is 12.8. The van der Waals surface area contributed by atoms with E-state index in [1.807, 2.05) is 19.1 Å². The fourth-order valence-electron chi connectivity index (χ4n) is 1.84. The molecule has 1 aromatic heterocycles. The van der Waals surface area contributed by atoms with Gasteiger partial charge in [-0.3, -0.25) is 4.98 Å². The molecule has 0 radical (unpaired) electrons. The zero-order valence-electron chi connectivity index (χ0n) is 10.2. The summed E-state index contributed by atoms with van der Waals surface area (Å²) in [6.45, 7) is 4.00. The van der Waals surface area contributed by atoms with Crippen LogP contribution < -0.4 is 5.73 Å². The third kappa shape index (κ3) is 2.06. The standard InChI is InChI=1S/C13H13BrN2O2/c1-3-18-13(17)8-6-16-12-9(14)5-4-7(2)10(12)11(8)15/h4-6H,3H2,1-2H3,(H2,15,16). The van der Waals surface area contributed by atoms with E-state index in [0.29, 0.717) is 17.9 Å². The first-order valence-corrected chi connectivity index (χ1v) is 6.36. The molecule has 0 aliphatic rings. The van der Waals surface area contributed by atoms with Crippen LogP contribution in [0.5, 0.6) is 0 Å². The maximum absolute atomic E-state index is 11.8. The third-order valence-electron chi connectivity index (χ3n) is 2.71. The molecule has 0 amide bonds. The first-order valence-electron chi connectivity index (χ1n) is 5.56. The second-order valence-corrected chi connectivity index (χ2v) is 4.75. The van der Waals surface area contributed by atoms with Crippen LogP contribution in [0.3, 0.4) is 0 Å². The number of hydrogen-bond acceptors (Lipinski definition) is 4. The van der Waals surface area contributed by atoms with Crippen LogP contribution in [0.25, 0.3) is 10.9 Å². The molecular weight excluding hydrogens is 296 g/mol. The summed E-state index contributed by atoms with van der Waals surface area (Å²) in [5.74, 6) is -0.441. The molecule has 94 valence electrons. The van der Waals surface area contributed by atoms with E-state index in [4.69, 9.17) is 10.5 Å². The van der Waals surface area contributed by atoms with E-state index in [0.717, 1.165) is 20.9 Å². The minimum Gasteiger partial charge on any atom is -0.462 e. The molecule has 0 fully saturated rings. The number of halogens is 1. The largest absolute Gasteiger partial charge is 0.462 e. The lowest BCUT2D eigenvalue weighted by atomic mass is 10.1. The number of aromatic nitrogens is 1. The normalized spacial score (nSPS) is 10.6. The number of esters is 1. The number of anilines is 1. The summed E-state index contributed by atoms with van der Waals surface area (Å²) in [4.78, 5) is 16.0. The van der Waals surface area contributed by atoms with Crippen molar-refractivity contribution in [2.45, 2.75) is 13.8 Å². The smallest absolute Gasteiger partial charge is 0.341 e. The van der Waals surface area contributed by atoms with Crippen LogP contribution in [0.15, 0.2) is 22.8 Å². The topological polar surface area (TPSA) is 65.2 Å². The van der Waals surface area contributed by atoms with Crippen molar-refractivity contribution in [1.82, 2.24) is 4.98 Å². The van der Waals surface area contributed by atoms with Crippen molar-refractivity contribution in [1.29, 1.82) is 0 Å². The third-order valence-corrected chi connectivity index (χ3v) is 3.35. The number of fused-ring (bicyclic) bond motifs is 1. The predicted molar refractivity (Wildman–Crippen MR) is 74.5 cm³/mol. The predicted octanol–water partition coefficient (Wildman–Crippen LogP) is 3.06. The molecule has 0 saturated heterocycles. The summed E-state index contributed by atoms with van der Waals surface area (Å²) in [6, 6.07) is 3.84. The number of hydrogen-bond donors (Lipinski definition) is 1. The van der Waals surface area contributed by atoms with E-state index in [2.05, 4.69) is 20.9 Å². The van der Waals surface area contributed by atoms with Crippen LogP contribution in [0.1, 0.15) is 22.8 Å². The fraction of sp³-hybridized carbons (Fsp3) is 0.231. The summed E-state index contributed by atoms with van der Waals surface area (Å²) in [5, 5.41) is 0.787. The highest BCUT2D eigenvalue weighted by Gasteiger charge is 2.16. The number of ether oxygens (including phenoxy) is 1. The molecule has 0 spiro atoms. The lowest BCUT2D eigenvalue weighted by Gasteiger charge is -2.10. The van der Waals surface area contributed by atoms with Gasteiger partial charge in [-0.2, -0.15) is 0 Å². The van der Waals surface area contributed by atoms with Gasteiger partial charge >= 0.3 is 5.97 Å². The Balaban J connectivity index is 2.71. The number of rotatable bonds is 2. The Bertz CT molecular complexity index is 626. The van der Waals surface area contributed by atoms with Crippen molar-refractivity contribution in [3.8, 4) is 0 Å². The molecule has 0 saturated carbocycles. The molecule has 4 nitrogen and oxygen atoms in total. The maximum Gasteiger partial charge on any atom is 0.341 e. The Morgan fingerprint density at radius 1 is 1.50 bits per heavy atom. The molecule has 2 rings (SSSR count). The van der Waals surface area contributed by atoms with E-state index in [1.54, 1.807) is 6.92 Å². The van der Waals surface area contributed by atoms with Gasteiger partial charge in [-0.25, -0.2) is 4.79 Å². The quantitative estimate of drug-likeness (QED) is 0.866. The monoisotopic (exact) mass is 308 g/mol. The zero-order valence-corrected chi connectivity index (χ0v) is 11.7. The van der Waals surface area contributed by atoms with Crippen molar-refractivity contribution in [3.63, 3.8) is 0 Å². The van der Waals surface area contributed by atoms with Gasteiger partial charge in [0.2, 0.25) is 0 Å².